The third-order valence-corrected chi connectivity index (χ3v) is 5.50. The summed E-state index contributed by atoms with van der Waals surface area (Å²) in [5, 5.41) is 0. The van der Waals surface area contributed by atoms with Crippen molar-refractivity contribution >= 4 is 5.82 Å². The predicted molar refractivity (Wildman–Crippen MR) is 131 cm³/mol. The molecule has 3 aliphatic rings. The van der Waals surface area contributed by atoms with Gasteiger partial charge in [0.05, 0.1) is 0 Å². The minimum Gasteiger partial charge on any atom is -0.355 e. The maximum Gasteiger partial charge on any atom is 0.128 e. The fraction of sp³-hybridized carbons (Fsp3) is 0.800. The third-order valence-electron chi connectivity index (χ3n) is 5.50. The van der Waals surface area contributed by atoms with Gasteiger partial charge in [0.25, 0.3) is 0 Å². The molecule has 0 aliphatic carbocycles. The van der Waals surface area contributed by atoms with E-state index in [4.69, 9.17) is 0 Å². The number of pyridine rings is 1. The van der Waals surface area contributed by atoms with Gasteiger partial charge in [0, 0.05) is 44.3 Å². The fourth-order valence-electron chi connectivity index (χ4n) is 4.31. The molecule has 0 aromatic carbocycles. The molecule has 4 heterocycles. The largest absolute Gasteiger partial charge is 0.355 e. The summed E-state index contributed by atoms with van der Waals surface area (Å²) < 4.78 is 0. The van der Waals surface area contributed by atoms with E-state index in [0.717, 1.165) is 11.7 Å². The van der Waals surface area contributed by atoms with E-state index in [1.165, 1.54) is 58.7 Å². The summed E-state index contributed by atoms with van der Waals surface area (Å²) in [5.41, 5.74) is 0.586. The summed E-state index contributed by atoms with van der Waals surface area (Å²) in [6, 6.07) is 6.20. The number of rotatable bonds is 3. The lowest BCUT2D eigenvalue weighted by Crippen LogP contribution is -2.72. The zero-order valence-corrected chi connectivity index (χ0v) is 21.0. The summed E-state index contributed by atoms with van der Waals surface area (Å²) in [6.45, 7) is 24.9. The molecule has 3 fully saturated rings. The van der Waals surface area contributed by atoms with Crippen molar-refractivity contribution in [2.45, 2.75) is 68.2 Å². The minimum atomic E-state index is 0.586. The maximum atomic E-state index is 4.45. The minimum absolute atomic E-state index is 0.586. The Morgan fingerprint density at radius 1 is 0.862 bits per heavy atom. The second kappa shape index (κ2) is 15.7. The zero-order valence-electron chi connectivity index (χ0n) is 21.0. The molecule has 0 N–H and O–H groups in total. The lowest BCUT2D eigenvalue weighted by Gasteiger charge is -2.61. The van der Waals surface area contributed by atoms with Gasteiger partial charge in [-0.15, -0.1) is 0 Å². The van der Waals surface area contributed by atoms with E-state index in [0.29, 0.717) is 5.41 Å². The average Bonchev–Trinajstić information content (AvgIpc) is 2.76. The highest BCUT2D eigenvalue weighted by molar-refractivity contribution is 5.43. The molecule has 170 valence electrons. The van der Waals surface area contributed by atoms with Crippen LogP contribution in [-0.4, -0.2) is 67.6 Å². The molecule has 1 aromatic heterocycles. The Labute approximate surface area is 182 Å². The molecule has 0 unspecified atom stereocenters. The molecule has 0 bridgehead atoms. The van der Waals surface area contributed by atoms with Crippen LogP contribution in [-0.2, 0) is 0 Å². The van der Waals surface area contributed by atoms with Gasteiger partial charge in [-0.2, -0.15) is 0 Å². The molecule has 3 aliphatic heterocycles. The standard InChI is InChI=1S/C17H26N4.4C2H6/c1-19-8-5-15(6-9-19)10-20-11-17(12-20)13-21(14-17)16-4-2-3-7-18-16;4*1-2/h2-4,7,15H,5-6,8-14H2,1H3;4*1-2H3. The van der Waals surface area contributed by atoms with E-state index < -0.39 is 0 Å². The van der Waals surface area contributed by atoms with E-state index >= 15 is 0 Å². The first kappa shape index (κ1) is 27.9. The molecular formula is C25H50N4. The first-order valence-corrected chi connectivity index (χ1v) is 12.3. The summed E-state index contributed by atoms with van der Waals surface area (Å²) in [7, 11) is 2.25. The molecular weight excluding hydrogens is 356 g/mol. The number of hydrogen-bond acceptors (Lipinski definition) is 4. The van der Waals surface area contributed by atoms with E-state index in [9.17, 15) is 0 Å². The van der Waals surface area contributed by atoms with Crippen molar-refractivity contribution in [3.05, 3.63) is 24.4 Å². The SMILES string of the molecule is CC.CC.CC.CC.CN1CCC(CN2CC3(C2)CN(c2ccccn2)C3)CC1. The van der Waals surface area contributed by atoms with Crippen molar-refractivity contribution in [3.8, 4) is 0 Å². The summed E-state index contributed by atoms with van der Waals surface area (Å²) in [6.07, 6.45) is 4.67. The van der Waals surface area contributed by atoms with Crippen LogP contribution < -0.4 is 4.90 Å². The lowest BCUT2D eigenvalue weighted by molar-refractivity contribution is -0.0354. The zero-order chi connectivity index (χ0) is 22.3. The number of likely N-dealkylation sites (tertiary alicyclic amines) is 2. The van der Waals surface area contributed by atoms with E-state index in [-0.39, 0.29) is 0 Å². The van der Waals surface area contributed by atoms with Crippen molar-refractivity contribution in [1.29, 1.82) is 0 Å². The lowest BCUT2D eigenvalue weighted by atomic mass is 9.72. The van der Waals surface area contributed by atoms with Crippen LogP contribution in [0.2, 0.25) is 0 Å². The van der Waals surface area contributed by atoms with Crippen LogP contribution in [0.3, 0.4) is 0 Å². The highest BCUT2D eigenvalue weighted by Crippen LogP contribution is 2.41. The van der Waals surface area contributed by atoms with Crippen LogP contribution in [0.4, 0.5) is 5.82 Å². The highest BCUT2D eigenvalue weighted by Gasteiger charge is 2.52. The molecule has 0 amide bonds. The summed E-state index contributed by atoms with van der Waals surface area (Å²) in [4.78, 5) is 12.0. The van der Waals surface area contributed by atoms with Gasteiger partial charge < -0.3 is 14.7 Å². The molecule has 4 nitrogen and oxygen atoms in total. The molecule has 3 saturated heterocycles. The topological polar surface area (TPSA) is 22.6 Å². The number of piperidine rings is 1. The average molecular weight is 407 g/mol. The van der Waals surface area contributed by atoms with Crippen molar-refractivity contribution in [3.63, 3.8) is 0 Å². The van der Waals surface area contributed by atoms with Crippen LogP contribution in [0.25, 0.3) is 0 Å². The van der Waals surface area contributed by atoms with Crippen LogP contribution in [0.15, 0.2) is 24.4 Å². The smallest absolute Gasteiger partial charge is 0.128 e. The number of hydrogen-bond donors (Lipinski definition) is 0. The van der Waals surface area contributed by atoms with Gasteiger partial charge in [-0.05, 0) is 51.0 Å². The summed E-state index contributed by atoms with van der Waals surface area (Å²) in [5.74, 6) is 2.09. The first-order chi connectivity index (χ1) is 14.2. The second-order valence-electron chi connectivity index (χ2n) is 7.46. The molecule has 4 heteroatoms. The van der Waals surface area contributed by atoms with Gasteiger partial charge in [-0.25, -0.2) is 4.98 Å². The molecule has 0 radical (unpaired) electrons. The predicted octanol–water partition coefficient (Wildman–Crippen LogP) is 5.65. The fourth-order valence-corrected chi connectivity index (χ4v) is 4.31. The molecule has 29 heavy (non-hydrogen) atoms. The van der Waals surface area contributed by atoms with Crippen LogP contribution in [0, 0.1) is 11.3 Å². The Kier molecular flexibility index (Phi) is 15.1. The van der Waals surface area contributed by atoms with Crippen LogP contribution in [0.1, 0.15) is 68.2 Å². The Morgan fingerprint density at radius 3 is 1.90 bits per heavy atom. The number of aromatic nitrogens is 1. The normalized spacial score (nSPS) is 20.1. The van der Waals surface area contributed by atoms with Crippen molar-refractivity contribution < 1.29 is 0 Å². The van der Waals surface area contributed by atoms with Crippen LogP contribution >= 0.6 is 0 Å². The van der Waals surface area contributed by atoms with Crippen molar-refractivity contribution in [2.24, 2.45) is 11.3 Å². The summed E-state index contributed by atoms with van der Waals surface area (Å²) >= 11 is 0. The number of nitrogens with zero attached hydrogens (tertiary/aromatic N) is 4. The Bertz CT molecular complexity index is 469. The molecule has 0 saturated carbocycles. The number of anilines is 1. The first-order valence-electron chi connectivity index (χ1n) is 12.3. The quantitative estimate of drug-likeness (QED) is 0.647. The molecule has 1 aromatic rings. The van der Waals surface area contributed by atoms with E-state index in [2.05, 4.69) is 38.9 Å². The van der Waals surface area contributed by atoms with Crippen molar-refractivity contribution in [1.82, 2.24) is 14.8 Å². The van der Waals surface area contributed by atoms with Gasteiger partial charge in [-0.1, -0.05) is 61.5 Å². The Morgan fingerprint density at radius 2 is 1.41 bits per heavy atom. The van der Waals surface area contributed by atoms with Crippen molar-refractivity contribution in [2.75, 3.05) is 57.8 Å². The monoisotopic (exact) mass is 406 g/mol. The van der Waals surface area contributed by atoms with Gasteiger partial charge in [0.1, 0.15) is 5.82 Å². The molecule has 1 spiro atoms. The van der Waals surface area contributed by atoms with Gasteiger partial charge >= 0.3 is 0 Å². The molecule has 0 atom stereocenters. The van der Waals surface area contributed by atoms with Gasteiger partial charge in [0.2, 0.25) is 0 Å². The second-order valence-corrected chi connectivity index (χ2v) is 7.46. The highest BCUT2D eigenvalue weighted by atomic mass is 15.3. The van der Waals surface area contributed by atoms with Gasteiger partial charge in [-0.3, -0.25) is 0 Å². The van der Waals surface area contributed by atoms with Crippen LogP contribution in [0.5, 0.6) is 0 Å². The Hall–Kier alpha value is -1.13. The van der Waals surface area contributed by atoms with E-state index in [1.54, 1.807) is 0 Å². The Balaban J connectivity index is 0.000000881. The maximum absolute atomic E-state index is 4.45. The van der Waals surface area contributed by atoms with Gasteiger partial charge in [0.15, 0.2) is 0 Å². The third kappa shape index (κ3) is 8.25. The molecule has 4 rings (SSSR count). The van der Waals surface area contributed by atoms with E-state index in [1.807, 2.05) is 67.7 Å².